The predicted molar refractivity (Wildman–Crippen MR) is 97.9 cm³/mol. The number of hydrogen-bond donors (Lipinski definition) is 0. The molecule has 0 aliphatic carbocycles. The molecular weight excluding hydrogens is 436 g/mol. The Morgan fingerprint density at radius 3 is 1.67 bits per heavy atom. The molecule has 0 amide bonds. The molecule has 4 aromatic rings. The van der Waals surface area contributed by atoms with E-state index in [9.17, 15) is 4.79 Å². The molecule has 2 heterocycles. The monoisotopic (exact) mass is 442 g/mol. The molecule has 0 saturated heterocycles. The lowest BCUT2D eigenvalue weighted by Gasteiger charge is -2.06. The second kappa shape index (κ2) is 5.99. The molecule has 0 bridgehead atoms. The van der Waals surface area contributed by atoms with E-state index in [1.54, 1.807) is 12.4 Å². The van der Waals surface area contributed by atoms with Gasteiger partial charge in [-0.25, -0.2) is 0 Å². The topological polar surface area (TPSA) is 68.6 Å². The van der Waals surface area contributed by atoms with Crippen LogP contribution in [0.15, 0.2) is 57.7 Å². The van der Waals surface area contributed by atoms with Crippen molar-refractivity contribution < 1.29 is 4.79 Å². The highest BCUT2D eigenvalue weighted by Crippen LogP contribution is 2.25. The highest BCUT2D eigenvalue weighted by molar-refractivity contribution is 9.10. The molecule has 0 saturated carbocycles. The maximum absolute atomic E-state index is 13.0. The van der Waals surface area contributed by atoms with Gasteiger partial charge in [0.1, 0.15) is 11.4 Å². The van der Waals surface area contributed by atoms with Gasteiger partial charge in [0.05, 0.1) is 12.4 Å². The van der Waals surface area contributed by atoms with E-state index in [1.165, 1.54) is 0 Å². The van der Waals surface area contributed by atoms with Crippen LogP contribution in [0.1, 0.15) is 16.2 Å². The Hall–Kier alpha value is -2.25. The van der Waals surface area contributed by atoms with Gasteiger partial charge in [-0.15, -0.1) is 10.2 Å². The summed E-state index contributed by atoms with van der Waals surface area (Å²) in [6, 6.07) is 11.2. The molecule has 0 aliphatic heterocycles. The highest BCUT2D eigenvalue weighted by Gasteiger charge is 2.19. The van der Waals surface area contributed by atoms with Crippen LogP contribution in [0.4, 0.5) is 0 Å². The molecule has 5 nitrogen and oxygen atoms in total. The Morgan fingerprint density at radius 1 is 0.750 bits per heavy atom. The summed E-state index contributed by atoms with van der Waals surface area (Å²) in [4.78, 5) is 13.0. The van der Waals surface area contributed by atoms with Gasteiger partial charge >= 0.3 is 0 Å². The number of rotatable bonds is 2. The second-order valence-electron chi connectivity index (χ2n) is 5.18. The van der Waals surface area contributed by atoms with Crippen LogP contribution >= 0.6 is 31.9 Å². The van der Waals surface area contributed by atoms with Gasteiger partial charge < -0.3 is 0 Å². The van der Waals surface area contributed by atoms with Gasteiger partial charge in [-0.05, 0) is 24.3 Å². The lowest BCUT2D eigenvalue weighted by Crippen LogP contribution is -2.10. The molecule has 0 radical (unpaired) electrons. The third kappa shape index (κ3) is 2.59. The van der Waals surface area contributed by atoms with Crippen molar-refractivity contribution in [1.82, 2.24) is 20.4 Å². The van der Waals surface area contributed by atoms with Crippen LogP contribution in [0.3, 0.4) is 0 Å². The molecule has 116 valence electrons. The van der Waals surface area contributed by atoms with Crippen LogP contribution in [-0.4, -0.2) is 26.2 Å². The first-order valence-corrected chi connectivity index (χ1v) is 8.59. The van der Waals surface area contributed by atoms with E-state index in [0.717, 1.165) is 30.5 Å². The number of carbonyl (C=O) groups is 1. The summed E-state index contributed by atoms with van der Waals surface area (Å²) < 4.78 is 1.83. The number of hydrogen-bond acceptors (Lipinski definition) is 5. The maximum atomic E-state index is 13.0. The summed E-state index contributed by atoms with van der Waals surface area (Å²) in [7, 11) is 0. The SMILES string of the molecule is O=C(c1nncc2cc(Br)ccc12)c1nncc2cc(Br)ccc12. The van der Waals surface area contributed by atoms with E-state index in [4.69, 9.17) is 0 Å². The van der Waals surface area contributed by atoms with Gasteiger partial charge in [-0.1, -0.05) is 44.0 Å². The smallest absolute Gasteiger partial charge is 0.234 e. The van der Waals surface area contributed by atoms with Crippen LogP contribution in [0.25, 0.3) is 21.5 Å². The quantitative estimate of drug-likeness (QED) is 0.431. The van der Waals surface area contributed by atoms with E-state index >= 15 is 0 Å². The molecule has 2 aromatic carbocycles. The van der Waals surface area contributed by atoms with Gasteiger partial charge in [-0.2, -0.15) is 10.2 Å². The van der Waals surface area contributed by atoms with Crippen molar-refractivity contribution in [3.05, 3.63) is 69.1 Å². The fourth-order valence-corrected chi connectivity index (χ4v) is 3.32. The Labute approximate surface area is 153 Å². The molecule has 0 N–H and O–H groups in total. The van der Waals surface area contributed by atoms with Crippen molar-refractivity contribution in [3.63, 3.8) is 0 Å². The van der Waals surface area contributed by atoms with Gasteiger partial charge in [0.15, 0.2) is 0 Å². The van der Waals surface area contributed by atoms with Crippen molar-refractivity contribution >= 4 is 59.2 Å². The second-order valence-corrected chi connectivity index (χ2v) is 7.01. The van der Waals surface area contributed by atoms with Crippen LogP contribution in [0.5, 0.6) is 0 Å². The summed E-state index contributed by atoms with van der Waals surface area (Å²) in [5, 5.41) is 19.1. The first-order valence-electron chi connectivity index (χ1n) is 7.00. The number of aromatic nitrogens is 4. The third-order valence-corrected chi connectivity index (χ3v) is 4.66. The van der Waals surface area contributed by atoms with E-state index in [0.29, 0.717) is 0 Å². The Bertz CT molecular complexity index is 1030. The zero-order valence-corrected chi connectivity index (χ0v) is 15.2. The predicted octanol–water partition coefficient (Wildman–Crippen LogP) is 4.33. The molecular formula is C17H8Br2N4O. The minimum atomic E-state index is -0.296. The first kappa shape index (κ1) is 15.3. The van der Waals surface area contributed by atoms with Crippen molar-refractivity contribution in [3.8, 4) is 0 Å². The standard InChI is InChI=1S/C17H8Br2N4O/c18-11-1-3-13-9(5-11)7-20-22-15(13)17(24)16-14-4-2-12(19)6-10(14)8-21-23-16/h1-8H. The van der Waals surface area contributed by atoms with Gasteiger partial charge in [0, 0.05) is 30.5 Å². The molecule has 0 aliphatic rings. The van der Waals surface area contributed by atoms with Crippen LogP contribution < -0.4 is 0 Å². The van der Waals surface area contributed by atoms with Gasteiger partial charge in [0.2, 0.25) is 5.78 Å². The molecule has 2 aromatic heterocycles. The minimum Gasteiger partial charge on any atom is -0.285 e. The number of nitrogens with zero attached hydrogens (tertiary/aromatic N) is 4. The number of carbonyl (C=O) groups excluding carboxylic acids is 1. The lowest BCUT2D eigenvalue weighted by atomic mass is 10.0. The van der Waals surface area contributed by atoms with Crippen molar-refractivity contribution in [1.29, 1.82) is 0 Å². The van der Waals surface area contributed by atoms with Crippen LogP contribution in [0, 0.1) is 0 Å². The summed E-state index contributed by atoms with van der Waals surface area (Å²) in [5.41, 5.74) is 0.537. The van der Waals surface area contributed by atoms with E-state index < -0.39 is 0 Å². The first-order chi connectivity index (χ1) is 11.6. The molecule has 7 heteroatoms. The minimum absolute atomic E-state index is 0.268. The normalized spacial score (nSPS) is 11.1. The summed E-state index contributed by atoms with van der Waals surface area (Å²) in [5.74, 6) is -0.296. The zero-order chi connectivity index (χ0) is 16.7. The van der Waals surface area contributed by atoms with E-state index in [-0.39, 0.29) is 17.2 Å². The fourth-order valence-electron chi connectivity index (χ4n) is 2.57. The summed E-state index contributed by atoms with van der Waals surface area (Å²) >= 11 is 6.84. The summed E-state index contributed by atoms with van der Waals surface area (Å²) in [6.07, 6.45) is 3.26. The number of fused-ring (bicyclic) bond motifs is 2. The summed E-state index contributed by atoms with van der Waals surface area (Å²) in [6.45, 7) is 0. The number of benzene rings is 2. The fraction of sp³-hybridized carbons (Fsp3) is 0. The largest absolute Gasteiger partial charge is 0.285 e. The zero-order valence-electron chi connectivity index (χ0n) is 12.1. The van der Waals surface area contributed by atoms with Crippen molar-refractivity contribution in [2.75, 3.05) is 0 Å². The van der Waals surface area contributed by atoms with E-state index in [1.807, 2.05) is 36.4 Å². The molecule has 0 unspecified atom stereocenters. The number of ketones is 1. The van der Waals surface area contributed by atoms with Crippen molar-refractivity contribution in [2.45, 2.75) is 0 Å². The lowest BCUT2D eigenvalue weighted by molar-refractivity contribution is 0.103. The maximum Gasteiger partial charge on any atom is 0.234 e. The van der Waals surface area contributed by atoms with Crippen molar-refractivity contribution in [2.24, 2.45) is 0 Å². The Morgan fingerprint density at radius 2 is 1.21 bits per heavy atom. The molecule has 24 heavy (non-hydrogen) atoms. The van der Waals surface area contributed by atoms with E-state index in [2.05, 4.69) is 52.3 Å². The van der Waals surface area contributed by atoms with Crippen LogP contribution in [0.2, 0.25) is 0 Å². The highest BCUT2D eigenvalue weighted by atomic mass is 79.9. The molecule has 4 rings (SSSR count). The van der Waals surface area contributed by atoms with Gasteiger partial charge in [-0.3, -0.25) is 4.79 Å². The average Bonchev–Trinajstić information content (AvgIpc) is 2.59. The molecule has 0 spiro atoms. The Kier molecular flexibility index (Phi) is 3.82. The third-order valence-electron chi connectivity index (χ3n) is 3.68. The average molecular weight is 444 g/mol. The molecule has 0 atom stereocenters. The number of halogens is 2. The Balaban J connectivity index is 1.94. The van der Waals surface area contributed by atoms with Crippen LogP contribution in [-0.2, 0) is 0 Å². The molecule has 0 fully saturated rings. The van der Waals surface area contributed by atoms with Gasteiger partial charge in [0.25, 0.3) is 0 Å².